The summed E-state index contributed by atoms with van der Waals surface area (Å²) in [5.41, 5.74) is 1.18. The molecule has 1 aromatic heterocycles. The Morgan fingerprint density at radius 3 is 2.42 bits per heavy atom. The molecule has 0 aliphatic heterocycles. The Hall–Kier alpha value is -0.610. The number of hydrogen-bond acceptors (Lipinski definition) is 4. The lowest BCUT2D eigenvalue weighted by Crippen LogP contribution is -2.30. The van der Waals surface area contributed by atoms with E-state index in [0.29, 0.717) is 12.0 Å². The van der Waals surface area contributed by atoms with Crippen LogP contribution in [0.1, 0.15) is 51.1 Å². The fraction of sp³-hybridized carbons (Fsp3) is 0.800. The van der Waals surface area contributed by atoms with Gasteiger partial charge in [-0.15, -0.1) is 11.3 Å². The normalized spacial score (nSPS) is 11.6. The largest absolute Gasteiger partial charge is 0.348 e. The average molecular weight is 283 g/mol. The molecule has 1 heterocycles. The minimum Gasteiger partial charge on any atom is -0.348 e. The highest BCUT2D eigenvalue weighted by molar-refractivity contribution is 7.15. The Balaban J connectivity index is 2.67. The van der Waals surface area contributed by atoms with Crippen molar-refractivity contribution >= 4 is 16.5 Å². The second-order valence-electron chi connectivity index (χ2n) is 5.61. The Kier molecular flexibility index (Phi) is 6.80. The van der Waals surface area contributed by atoms with Crippen LogP contribution in [0.15, 0.2) is 0 Å². The number of nitrogens with one attached hydrogen (secondary N) is 1. The zero-order chi connectivity index (χ0) is 14.4. The Labute approximate surface area is 122 Å². The van der Waals surface area contributed by atoms with Crippen molar-refractivity contribution in [3.05, 3.63) is 10.6 Å². The summed E-state index contributed by atoms with van der Waals surface area (Å²) in [5, 5.41) is 4.66. The molecule has 0 aliphatic rings. The van der Waals surface area contributed by atoms with Gasteiger partial charge in [0.05, 0.1) is 5.69 Å². The molecule has 4 heteroatoms. The van der Waals surface area contributed by atoms with Crippen LogP contribution in [-0.2, 0) is 6.54 Å². The van der Waals surface area contributed by atoms with E-state index < -0.39 is 0 Å². The van der Waals surface area contributed by atoms with Crippen molar-refractivity contribution in [2.24, 2.45) is 5.92 Å². The van der Waals surface area contributed by atoms with Gasteiger partial charge >= 0.3 is 0 Å². The topological polar surface area (TPSA) is 28.2 Å². The van der Waals surface area contributed by atoms with Crippen molar-refractivity contribution < 1.29 is 0 Å². The molecule has 3 nitrogen and oxygen atoms in total. The number of nitrogens with zero attached hydrogens (tertiary/aromatic N) is 2. The highest BCUT2D eigenvalue weighted by atomic mass is 32.1. The van der Waals surface area contributed by atoms with E-state index in [-0.39, 0.29) is 0 Å². The summed E-state index contributed by atoms with van der Waals surface area (Å²) in [6.07, 6.45) is 2.35. The summed E-state index contributed by atoms with van der Waals surface area (Å²) in [5.74, 6) is 0.694. The Bertz CT molecular complexity index is 369. The monoisotopic (exact) mass is 283 g/mol. The van der Waals surface area contributed by atoms with E-state index in [0.717, 1.165) is 18.2 Å². The van der Waals surface area contributed by atoms with E-state index in [9.17, 15) is 0 Å². The molecule has 110 valence electrons. The van der Waals surface area contributed by atoms with Gasteiger partial charge in [0.25, 0.3) is 0 Å². The minimum atomic E-state index is 0.599. The Morgan fingerprint density at radius 1 is 1.26 bits per heavy atom. The lowest BCUT2D eigenvalue weighted by molar-refractivity contribution is 0.554. The van der Waals surface area contributed by atoms with Crippen LogP contribution < -0.4 is 10.2 Å². The van der Waals surface area contributed by atoms with Crippen molar-refractivity contribution in [2.75, 3.05) is 18.5 Å². The maximum absolute atomic E-state index is 4.73. The summed E-state index contributed by atoms with van der Waals surface area (Å²) in [6.45, 7) is 13.1. The Morgan fingerprint density at radius 2 is 1.89 bits per heavy atom. The molecule has 0 aromatic carbocycles. The van der Waals surface area contributed by atoms with Gasteiger partial charge in [-0.25, -0.2) is 4.98 Å². The van der Waals surface area contributed by atoms with Gasteiger partial charge in [0.1, 0.15) is 0 Å². The third-order valence-corrected chi connectivity index (χ3v) is 4.76. The first-order valence-corrected chi connectivity index (χ1v) is 8.21. The van der Waals surface area contributed by atoms with E-state index in [1.165, 1.54) is 23.4 Å². The average Bonchev–Trinajstić information content (AvgIpc) is 2.72. The molecule has 0 saturated heterocycles. The lowest BCUT2D eigenvalue weighted by atomic mass is 10.1. The van der Waals surface area contributed by atoms with Crippen molar-refractivity contribution in [1.29, 1.82) is 0 Å². The third-order valence-electron chi connectivity index (χ3n) is 3.51. The molecule has 0 spiro atoms. The van der Waals surface area contributed by atoms with Crippen LogP contribution in [0, 0.1) is 12.8 Å². The zero-order valence-corrected chi connectivity index (χ0v) is 14.1. The third kappa shape index (κ3) is 4.77. The van der Waals surface area contributed by atoms with Crippen LogP contribution in [-0.4, -0.2) is 24.6 Å². The molecule has 0 amide bonds. The molecule has 0 aliphatic carbocycles. The van der Waals surface area contributed by atoms with E-state index in [4.69, 9.17) is 4.98 Å². The summed E-state index contributed by atoms with van der Waals surface area (Å²) in [6, 6.07) is 0.599. The molecule has 1 rings (SSSR count). The van der Waals surface area contributed by atoms with Crippen LogP contribution in [0.25, 0.3) is 0 Å². The standard InChI is InChI=1S/C15H29N3S/c1-7-13(8-2)18(6)15-17-12(5)14(19-15)10-16-9-11(3)4/h11,13,16H,7-10H2,1-6H3. The minimum absolute atomic E-state index is 0.599. The van der Waals surface area contributed by atoms with Crippen LogP contribution in [0.2, 0.25) is 0 Å². The second-order valence-corrected chi connectivity index (χ2v) is 6.67. The van der Waals surface area contributed by atoms with E-state index in [1.807, 2.05) is 11.3 Å². The van der Waals surface area contributed by atoms with Crippen LogP contribution in [0.3, 0.4) is 0 Å². The first-order valence-electron chi connectivity index (χ1n) is 7.39. The fourth-order valence-corrected chi connectivity index (χ4v) is 3.26. The van der Waals surface area contributed by atoms with E-state index in [1.54, 1.807) is 0 Å². The van der Waals surface area contributed by atoms with Gasteiger partial charge in [0.15, 0.2) is 5.13 Å². The maximum atomic E-state index is 4.73. The van der Waals surface area contributed by atoms with Gasteiger partial charge in [0, 0.05) is 24.5 Å². The van der Waals surface area contributed by atoms with Gasteiger partial charge in [-0.1, -0.05) is 27.7 Å². The molecule has 0 saturated carbocycles. The SMILES string of the molecule is CCC(CC)N(C)c1nc(C)c(CNCC(C)C)s1. The molecule has 0 radical (unpaired) electrons. The molecule has 1 N–H and O–H groups in total. The smallest absolute Gasteiger partial charge is 0.185 e. The van der Waals surface area contributed by atoms with Gasteiger partial charge in [-0.05, 0) is 32.2 Å². The summed E-state index contributed by atoms with van der Waals surface area (Å²) in [4.78, 5) is 8.44. The molecule has 0 bridgehead atoms. The van der Waals surface area contributed by atoms with Crippen molar-refractivity contribution in [2.45, 2.75) is 60.0 Å². The van der Waals surface area contributed by atoms with Crippen LogP contribution in [0.5, 0.6) is 0 Å². The maximum Gasteiger partial charge on any atom is 0.185 e. The molecule has 0 fully saturated rings. The number of anilines is 1. The molecule has 0 atom stereocenters. The number of aromatic nitrogens is 1. The van der Waals surface area contributed by atoms with Crippen LogP contribution >= 0.6 is 11.3 Å². The van der Waals surface area contributed by atoms with E-state index >= 15 is 0 Å². The number of hydrogen-bond donors (Lipinski definition) is 1. The molecule has 0 unspecified atom stereocenters. The highest BCUT2D eigenvalue weighted by Gasteiger charge is 2.16. The van der Waals surface area contributed by atoms with Crippen molar-refractivity contribution in [3.8, 4) is 0 Å². The highest BCUT2D eigenvalue weighted by Crippen LogP contribution is 2.27. The van der Waals surface area contributed by atoms with Crippen LogP contribution in [0.4, 0.5) is 5.13 Å². The first kappa shape index (κ1) is 16.4. The number of thiazole rings is 1. The van der Waals surface area contributed by atoms with Crippen molar-refractivity contribution in [1.82, 2.24) is 10.3 Å². The number of aryl methyl sites for hydroxylation is 1. The van der Waals surface area contributed by atoms with Gasteiger partial charge < -0.3 is 10.2 Å². The second kappa shape index (κ2) is 7.85. The predicted octanol–water partition coefficient (Wildman–Crippen LogP) is 3.82. The predicted molar refractivity (Wildman–Crippen MR) is 86.2 cm³/mol. The molecular weight excluding hydrogens is 254 g/mol. The molecular formula is C15H29N3S. The lowest BCUT2D eigenvalue weighted by Gasteiger charge is -2.25. The number of rotatable bonds is 8. The van der Waals surface area contributed by atoms with Crippen molar-refractivity contribution in [3.63, 3.8) is 0 Å². The summed E-state index contributed by atoms with van der Waals surface area (Å²) in [7, 11) is 2.17. The van der Waals surface area contributed by atoms with E-state index in [2.05, 4.69) is 51.9 Å². The molecule has 19 heavy (non-hydrogen) atoms. The molecule has 1 aromatic rings. The summed E-state index contributed by atoms with van der Waals surface area (Å²) < 4.78 is 0. The fourth-order valence-electron chi connectivity index (χ4n) is 2.19. The van der Waals surface area contributed by atoms with Gasteiger partial charge in [-0.2, -0.15) is 0 Å². The first-order chi connectivity index (χ1) is 8.99. The van der Waals surface area contributed by atoms with Gasteiger partial charge in [-0.3, -0.25) is 0 Å². The quantitative estimate of drug-likeness (QED) is 0.786. The zero-order valence-electron chi connectivity index (χ0n) is 13.3. The van der Waals surface area contributed by atoms with Gasteiger partial charge in [0.2, 0.25) is 0 Å². The summed E-state index contributed by atoms with van der Waals surface area (Å²) >= 11 is 1.83.